The van der Waals surface area contributed by atoms with Gasteiger partial charge in [0, 0.05) is 0 Å². The number of aryl methyl sites for hydroxylation is 1. The highest BCUT2D eigenvalue weighted by Crippen LogP contribution is 2.29. The van der Waals surface area contributed by atoms with Crippen LogP contribution in [0.1, 0.15) is 34.2 Å². The van der Waals surface area contributed by atoms with E-state index in [9.17, 15) is 9.90 Å². The Morgan fingerprint density at radius 2 is 2.05 bits per heavy atom. The topological polar surface area (TPSA) is 97.5 Å². The number of nitrogens with zero attached hydrogens (tertiary/aromatic N) is 2. The summed E-state index contributed by atoms with van der Waals surface area (Å²) in [6.45, 7) is 7.30. The maximum absolute atomic E-state index is 11.5. The first-order valence-corrected chi connectivity index (χ1v) is 6.50. The lowest BCUT2D eigenvalue weighted by Gasteiger charge is -2.11. The third-order valence-corrected chi connectivity index (χ3v) is 3.11. The molecule has 0 fully saturated rings. The molecule has 2 aromatic heterocycles. The van der Waals surface area contributed by atoms with Gasteiger partial charge in [-0.3, -0.25) is 5.32 Å². The summed E-state index contributed by atoms with van der Waals surface area (Å²) in [7, 11) is 0. The molecule has 2 N–H and O–H groups in total. The minimum Gasteiger partial charge on any atom is -0.506 e. The van der Waals surface area contributed by atoms with Crippen molar-refractivity contribution in [1.29, 1.82) is 0 Å². The number of nitrogens with one attached hydrogen (secondary N) is 1. The fraction of sp³-hybridized carbons (Fsp3) is 0.357. The maximum Gasteiger partial charge on any atom is 0.360 e. The molecule has 2 rings (SSSR count). The predicted molar refractivity (Wildman–Crippen MR) is 75.9 cm³/mol. The first kappa shape index (κ1) is 14.8. The van der Waals surface area contributed by atoms with Gasteiger partial charge < -0.3 is 14.3 Å². The van der Waals surface area contributed by atoms with Gasteiger partial charge in [-0.25, -0.2) is 9.78 Å². The number of aromatic hydroxyl groups is 1. The van der Waals surface area contributed by atoms with Crippen LogP contribution in [-0.2, 0) is 4.74 Å². The van der Waals surface area contributed by atoms with Crippen LogP contribution in [0.5, 0.6) is 5.75 Å². The van der Waals surface area contributed by atoms with Crippen LogP contribution in [0.25, 0.3) is 0 Å². The molecule has 112 valence electrons. The molecule has 0 unspecified atom stereocenters. The molecule has 7 nitrogen and oxygen atoms in total. The number of carbonyl (C=O) groups excluding carboxylic acids is 1. The number of carbonyl (C=O) groups is 1. The van der Waals surface area contributed by atoms with Crippen molar-refractivity contribution in [3.8, 4) is 5.75 Å². The highest BCUT2D eigenvalue weighted by Gasteiger charge is 2.16. The molecule has 0 aromatic carbocycles. The highest BCUT2D eigenvalue weighted by atomic mass is 16.5. The van der Waals surface area contributed by atoms with E-state index in [0.717, 1.165) is 11.1 Å². The molecule has 0 aliphatic heterocycles. The number of oxazole rings is 1. The summed E-state index contributed by atoms with van der Waals surface area (Å²) in [6.07, 6.45) is 1.22. The van der Waals surface area contributed by atoms with Crippen molar-refractivity contribution in [1.82, 2.24) is 9.97 Å². The molecule has 0 radical (unpaired) electrons. The third-order valence-electron chi connectivity index (χ3n) is 3.11. The Balaban J connectivity index is 2.25. The number of rotatable bonds is 4. The second kappa shape index (κ2) is 5.82. The van der Waals surface area contributed by atoms with Crippen LogP contribution in [0, 0.1) is 20.8 Å². The molecule has 2 aromatic rings. The molecule has 21 heavy (non-hydrogen) atoms. The van der Waals surface area contributed by atoms with Crippen LogP contribution in [-0.4, -0.2) is 27.7 Å². The van der Waals surface area contributed by atoms with Crippen molar-refractivity contribution in [3.63, 3.8) is 0 Å². The summed E-state index contributed by atoms with van der Waals surface area (Å²) in [5.41, 5.74) is 2.08. The molecule has 0 spiro atoms. The van der Waals surface area contributed by atoms with E-state index in [4.69, 9.17) is 9.15 Å². The van der Waals surface area contributed by atoms with Gasteiger partial charge in [0.1, 0.15) is 17.8 Å². The zero-order valence-electron chi connectivity index (χ0n) is 12.4. The average Bonchev–Trinajstić information content (AvgIpc) is 2.91. The monoisotopic (exact) mass is 291 g/mol. The van der Waals surface area contributed by atoms with Crippen molar-refractivity contribution in [3.05, 3.63) is 28.8 Å². The van der Waals surface area contributed by atoms with E-state index in [1.165, 1.54) is 6.26 Å². The van der Waals surface area contributed by atoms with Crippen LogP contribution in [0.2, 0.25) is 0 Å². The molecular weight excluding hydrogens is 274 g/mol. The summed E-state index contributed by atoms with van der Waals surface area (Å²) in [4.78, 5) is 19.7. The summed E-state index contributed by atoms with van der Waals surface area (Å²) >= 11 is 0. The maximum atomic E-state index is 11.5. The van der Waals surface area contributed by atoms with Crippen LogP contribution < -0.4 is 5.32 Å². The highest BCUT2D eigenvalue weighted by molar-refractivity contribution is 5.87. The summed E-state index contributed by atoms with van der Waals surface area (Å²) in [5, 5.41) is 12.7. The molecule has 0 saturated heterocycles. The number of aromatic nitrogens is 2. The lowest BCUT2D eigenvalue weighted by Crippen LogP contribution is -2.05. The minimum absolute atomic E-state index is 0.0872. The van der Waals surface area contributed by atoms with Gasteiger partial charge >= 0.3 is 12.0 Å². The summed E-state index contributed by atoms with van der Waals surface area (Å²) in [6, 6.07) is 0.137. The Morgan fingerprint density at radius 1 is 1.33 bits per heavy atom. The molecule has 0 saturated carbocycles. The van der Waals surface area contributed by atoms with E-state index in [-0.39, 0.29) is 24.1 Å². The minimum atomic E-state index is -0.544. The smallest absolute Gasteiger partial charge is 0.360 e. The molecular formula is C14H17N3O4. The second-order valence-corrected chi connectivity index (χ2v) is 4.53. The lowest BCUT2D eigenvalue weighted by molar-refractivity contribution is 0.0519. The van der Waals surface area contributed by atoms with Gasteiger partial charge in [0.2, 0.25) is 0 Å². The fourth-order valence-corrected chi connectivity index (χ4v) is 1.78. The fourth-order valence-electron chi connectivity index (χ4n) is 1.78. The normalized spacial score (nSPS) is 10.5. The van der Waals surface area contributed by atoms with E-state index in [2.05, 4.69) is 15.3 Å². The first-order chi connectivity index (χ1) is 9.93. The number of hydrogen-bond acceptors (Lipinski definition) is 7. The second-order valence-electron chi connectivity index (χ2n) is 4.53. The predicted octanol–water partition coefficient (Wildman–Crippen LogP) is 2.62. The molecule has 0 aliphatic rings. The van der Waals surface area contributed by atoms with Crippen molar-refractivity contribution in [2.45, 2.75) is 27.7 Å². The Kier molecular flexibility index (Phi) is 4.11. The molecule has 2 heterocycles. The largest absolute Gasteiger partial charge is 0.506 e. The van der Waals surface area contributed by atoms with E-state index < -0.39 is 5.97 Å². The van der Waals surface area contributed by atoms with Crippen LogP contribution in [0.4, 0.5) is 11.8 Å². The standard InChI is InChI=1S/C14H17N3O4/c1-5-20-13(19)10-6-21-14(16-10)17-12-8(3)7(2)11(18)9(4)15-12/h6,18H,5H2,1-4H3,(H,15,16,17). The van der Waals surface area contributed by atoms with Crippen LogP contribution >= 0.6 is 0 Å². The number of ether oxygens (including phenoxy) is 1. The Hall–Kier alpha value is -2.57. The van der Waals surface area contributed by atoms with Gasteiger partial charge in [-0.2, -0.15) is 4.98 Å². The number of pyridine rings is 1. The Bertz CT molecular complexity index is 679. The summed E-state index contributed by atoms with van der Waals surface area (Å²) < 4.78 is 10.0. The van der Waals surface area contributed by atoms with Gasteiger partial charge in [-0.05, 0) is 38.8 Å². The van der Waals surface area contributed by atoms with Crippen LogP contribution in [0.3, 0.4) is 0 Å². The van der Waals surface area contributed by atoms with Crippen LogP contribution in [0.15, 0.2) is 10.7 Å². The molecule has 0 bridgehead atoms. The third kappa shape index (κ3) is 2.96. The van der Waals surface area contributed by atoms with Gasteiger partial charge in [-0.1, -0.05) is 0 Å². The zero-order chi connectivity index (χ0) is 15.6. The van der Waals surface area contributed by atoms with Crippen molar-refractivity contribution in [2.75, 3.05) is 11.9 Å². The van der Waals surface area contributed by atoms with Gasteiger partial charge in [0.15, 0.2) is 5.69 Å². The molecule has 7 heteroatoms. The quantitative estimate of drug-likeness (QED) is 0.835. The molecule has 0 aliphatic carbocycles. The molecule has 0 amide bonds. The van der Waals surface area contributed by atoms with E-state index >= 15 is 0 Å². The van der Waals surface area contributed by atoms with Crippen molar-refractivity contribution in [2.24, 2.45) is 0 Å². The van der Waals surface area contributed by atoms with Crippen molar-refractivity contribution >= 4 is 17.8 Å². The Labute approximate surface area is 122 Å². The van der Waals surface area contributed by atoms with Gasteiger partial charge in [0.25, 0.3) is 0 Å². The van der Waals surface area contributed by atoms with E-state index in [1.807, 2.05) is 6.92 Å². The van der Waals surface area contributed by atoms with E-state index in [1.54, 1.807) is 20.8 Å². The lowest BCUT2D eigenvalue weighted by atomic mass is 10.1. The van der Waals surface area contributed by atoms with E-state index in [0.29, 0.717) is 11.5 Å². The van der Waals surface area contributed by atoms with Gasteiger partial charge in [0.05, 0.1) is 12.3 Å². The average molecular weight is 291 g/mol. The summed E-state index contributed by atoms with van der Waals surface area (Å²) in [5.74, 6) is 0.134. The molecule has 0 atom stereocenters. The first-order valence-electron chi connectivity index (χ1n) is 6.50. The Morgan fingerprint density at radius 3 is 2.71 bits per heavy atom. The number of esters is 1. The van der Waals surface area contributed by atoms with Gasteiger partial charge in [-0.15, -0.1) is 0 Å². The van der Waals surface area contributed by atoms with Crippen molar-refractivity contribution < 1.29 is 19.1 Å². The number of anilines is 2. The zero-order valence-corrected chi connectivity index (χ0v) is 12.4. The SMILES string of the molecule is CCOC(=O)c1coc(Nc2nc(C)c(O)c(C)c2C)n1. The number of hydrogen-bond donors (Lipinski definition) is 2.